The van der Waals surface area contributed by atoms with Crippen LogP contribution in [0.2, 0.25) is 0 Å². The summed E-state index contributed by atoms with van der Waals surface area (Å²) in [4.78, 5) is 49.5. The molecule has 22 heavy (non-hydrogen) atoms. The van der Waals surface area contributed by atoms with Crippen LogP contribution in [0.15, 0.2) is 24.3 Å². The minimum Gasteiger partial charge on any atom is -0.479 e. The molecule has 3 aliphatic heterocycles. The van der Waals surface area contributed by atoms with Crippen molar-refractivity contribution in [3.8, 4) is 0 Å². The average molecular weight is 318 g/mol. The highest BCUT2D eigenvalue weighted by atomic mass is 32.2. The Labute approximate surface area is 128 Å². The second-order valence-electron chi connectivity index (χ2n) is 5.27. The Hall–Kier alpha value is -2.35. The molecule has 0 aliphatic carbocycles. The van der Waals surface area contributed by atoms with Crippen LogP contribution in [0.25, 0.3) is 0 Å². The van der Waals surface area contributed by atoms with Gasteiger partial charge in [0.15, 0.2) is 6.04 Å². The third-order valence-electron chi connectivity index (χ3n) is 4.30. The maximum Gasteiger partial charge on any atom is 0.343 e. The molecule has 1 aromatic carbocycles. The van der Waals surface area contributed by atoms with E-state index >= 15 is 0 Å². The molecular formula is C14H10N2O5S. The first-order valence-electron chi connectivity index (χ1n) is 6.66. The van der Waals surface area contributed by atoms with E-state index < -0.39 is 34.6 Å². The highest BCUT2D eigenvalue weighted by molar-refractivity contribution is 8.01. The van der Waals surface area contributed by atoms with E-state index in [1.54, 1.807) is 12.1 Å². The third kappa shape index (κ3) is 1.29. The molecule has 112 valence electrons. The number of imide groups is 1. The van der Waals surface area contributed by atoms with Gasteiger partial charge in [0.1, 0.15) is 0 Å². The van der Waals surface area contributed by atoms with Crippen LogP contribution >= 0.6 is 11.8 Å². The van der Waals surface area contributed by atoms with Gasteiger partial charge in [-0.05, 0) is 12.1 Å². The van der Waals surface area contributed by atoms with Gasteiger partial charge >= 0.3 is 5.97 Å². The molecule has 1 aromatic rings. The fourth-order valence-electron chi connectivity index (χ4n) is 3.31. The van der Waals surface area contributed by atoms with Gasteiger partial charge in [0.05, 0.1) is 11.1 Å². The van der Waals surface area contributed by atoms with E-state index in [0.29, 0.717) is 12.3 Å². The van der Waals surface area contributed by atoms with E-state index in [1.165, 1.54) is 17.0 Å². The van der Waals surface area contributed by atoms with Gasteiger partial charge in [-0.3, -0.25) is 19.3 Å². The Balaban J connectivity index is 1.80. The van der Waals surface area contributed by atoms with Gasteiger partial charge in [-0.25, -0.2) is 4.79 Å². The highest BCUT2D eigenvalue weighted by Gasteiger charge is 2.72. The molecule has 0 saturated carbocycles. The molecule has 0 bridgehead atoms. The van der Waals surface area contributed by atoms with Crippen molar-refractivity contribution in [2.75, 3.05) is 12.3 Å². The van der Waals surface area contributed by atoms with Crippen molar-refractivity contribution in [1.82, 2.24) is 9.80 Å². The van der Waals surface area contributed by atoms with Crippen LogP contribution in [0, 0.1) is 0 Å². The lowest BCUT2D eigenvalue weighted by Crippen LogP contribution is -2.79. The number of thioether (sulfide) groups is 1. The van der Waals surface area contributed by atoms with Gasteiger partial charge in [-0.15, -0.1) is 11.8 Å². The summed E-state index contributed by atoms with van der Waals surface area (Å²) in [5.41, 5.74) is 0.421. The first-order valence-corrected chi connectivity index (χ1v) is 7.64. The van der Waals surface area contributed by atoms with Gasteiger partial charge in [-0.1, -0.05) is 12.1 Å². The molecule has 3 heterocycles. The molecule has 8 heteroatoms. The molecule has 1 N–H and O–H groups in total. The van der Waals surface area contributed by atoms with Crippen LogP contribution in [0.4, 0.5) is 0 Å². The van der Waals surface area contributed by atoms with Crippen LogP contribution in [0.3, 0.4) is 0 Å². The molecule has 4 rings (SSSR count). The van der Waals surface area contributed by atoms with Gasteiger partial charge in [0.25, 0.3) is 17.7 Å². The summed E-state index contributed by atoms with van der Waals surface area (Å²) in [6.45, 7) is 0.315. The zero-order chi connectivity index (χ0) is 15.6. The summed E-state index contributed by atoms with van der Waals surface area (Å²) in [6, 6.07) is 4.99. The maximum absolute atomic E-state index is 12.5. The van der Waals surface area contributed by atoms with Crippen molar-refractivity contribution in [3.05, 3.63) is 35.4 Å². The van der Waals surface area contributed by atoms with Crippen molar-refractivity contribution < 1.29 is 24.3 Å². The number of fused-ring (bicyclic) bond motifs is 2. The number of aliphatic carboxylic acids is 1. The number of carbonyl (C=O) groups excluding carboxylic acids is 3. The molecule has 0 aromatic heterocycles. The maximum atomic E-state index is 12.5. The van der Waals surface area contributed by atoms with E-state index in [9.17, 15) is 24.3 Å². The summed E-state index contributed by atoms with van der Waals surface area (Å²) in [5.74, 6) is -2.42. The normalized spacial score (nSPS) is 29.5. The molecule has 3 amide bonds. The second-order valence-corrected chi connectivity index (χ2v) is 6.59. The largest absolute Gasteiger partial charge is 0.479 e. The van der Waals surface area contributed by atoms with E-state index in [0.717, 1.165) is 16.7 Å². The lowest BCUT2D eigenvalue weighted by molar-refractivity contribution is -0.172. The number of nitrogens with zero attached hydrogens (tertiary/aromatic N) is 2. The van der Waals surface area contributed by atoms with Crippen molar-refractivity contribution >= 4 is 35.5 Å². The van der Waals surface area contributed by atoms with Crippen LogP contribution in [-0.4, -0.2) is 61.8 Å². The lowest BCUT2D eigenvalue weighted by Gasteiger charge is -2.51. The molecule has 2 atom stereocenters. The van der Waals surface area contributed by atoms with E-state index in [-0.39, 0.29) is 11.1 Å². The Morgan fingerprint density at radius 2 is 1.77 bits per heavy atom. The number of hydrogen-bond donors (Lipinski definition) is 1. The number of carboxylic acids is 1. The number of benzene rings is 1. The van der Waals surface area contributed by atoms with E-state index in [2.05, 4.69) is 0 Å². The number of β-lactam (4-membered cyclic amide) rings is 1. The molecule has 2 fully saturated rings. The Kier molecular flexibility index (Phi) is 2.48. The Morgan fingerprint density at radius 1 is 1.18 bits per heavy atom. The average Bonchev–Trinajstić information content (AvgIpc) is 3.01. The fourth-order valence-corrected chi connectivity index (χ4v) is 4.72. The second kappa shape index (κ2) is 4.10. The number of rotatable bonds is 2. The van der Waals surface area contributed by atoms with Gasteiger partial charge in [-0.2, -0.15) is 0 Å². The third-order valence-corrected chi connectivity index (χ3v) is 5.74. The molecule has 7 nitrogen and oxygen atoms in total. The first-order chi connectivity index (χ1) is 10.5. The van der Waals surface area contributed by atoms with Crippen LogP contribution in [0.1, 0.15) is 20.7 Å². The van der Waals surface area contributed by atoms with Gasteiger partial charge in [0, 0.05) is 12.3 Å². The molecule has 2 saturated heterocycles. The zero-order valence-electron chi connectivity index (χ0n) is 11.2. The number of hydrogen-bond acceptors (Lipinski definition) is 5. The smallest absolute Gasteiger partial charge is 0.343 e. The minimum absolute atomic E-state index is 0.210. The number of carboxylic acid groups (broad SMARTS) is 1. The SMILES string of the molecule is O=C1c2ccccc2C(=O)N1[C@H]1C(=O)N2CCS[C@]12C(=O)O. The van der Waals surface area contributed by atoms with E-state index in [4.69, 9.17) is 0 Å². The van der Waals surface area contributed by atoms with Crippen molar-refractivity contribution in [2.45, 2.75) is 10.9 Å². The van der Waals surface area contributed by atoms with Crippen LogP contribution < -0.4 is 0 Å². The predicted octanol–water partition coefficient (Wildman–Crippen LogP) is 0.0211. The minimum atomic E-state index is -1.54. The zero-order valence-corrected chi connectivity index (χ0v) is 12.0. The van der Waals surface area contributed by atoms with Crippen molar-refractivity contribution in [2.24, 2.45) is 0 Å². The summed E-state index contributed by atoms with van der Waals surface area (Å²) in [6.07, 6.45) is 0. The van der Waals surface area contributed by atoms with E-state index in [1.807, 2.05) is 0 Å². The summed E-state index contributed by atoms with van der Waals surface area (Å²) in [5, 5.41) is 9.57. The molecule has 0 radical (unpaired) electrons. The van der Waals surface area contributed by atoms with Crippen LogP contribution in [0.5, 0.6) is 0 Å². The van der Waals surface area contributed by atoms with Crippen LogP contribution in [-0.2, 0) is 9.59 Å². The first kappa shape index (κ1) is 13.3. The summed E-state index contributed by atoms with van der Waals surface area (Å²) in [7, 11) is 0. The molecule has 3 aliphatic rings. The Bertz CT molecular complexity index is 728. The Morgan fingerprint density at radius 3 is 2.32 bits per heavy atom. The monoisotopic (exact) mass is 318 g/mol. The van der Waals surface area contributed by atoms with Crippen molar-refractivity contribution in [3.63, 3.8) is 0 Å². The van der Waals surface area contributed by atoms with Crippen molar-refractivity contribution in [1.29, 1.82) is 0 Å². The summed E-state index contributed by atoms with van der Waals surface area (Å²) < 4.78 is 0. The topological polar surface area (TPSA) is 95.0 Å². The molecule has 0 spiro atoms. The number of amides is 3. The van der Waals surface area contributed by atoms with Gasteiger partial charge in [0.2, 0.25) is 4.87 Å². The fraction of sp³-hybridized carbons (Fsp3) is 0.286. The lowest BCUT2D eigenvalue weighted by atomic mass is 9.92. The number of carbonyl (C=O) groups is 4. The summed E-state index contributed by atoms with van der Waals surface area (Å²) >= 11 is 1.09. The predicted molar refractivity (Wildman–Crippen MR) is 75.3 cm³/mol. The highest BCUT2D eigenvalue weighted by Crippen LogP contribution is 2.50. The quantitative estimate of drug-likeness (QED) is 0.610. The molecule has 0 unspecified atom stereocenters. The molecular weight excluding hydrogens is 308 g/mol. The van der Waals surface area contributed by atoms with Gasteiger partial charge < -0.3 is 10.0 Å². The standard InChI is InChI=1S/C14H10N2O5S/c17-10-7-3-1-2-4-8(7)11(18)16(10)9-12(19)15-5-6-22-14(9,15)13(20)21/h1-4,9H,5-6H2,(H,20,21)/t9-,14-/m0/s1.